The van der Waals surface area contributed by atoms with Crippen molar-refractivity contribution < 1.29 is 13.9 Å². The number of unbranched alkanes of at least 4 members (excludes halogenated alkanes) is 15. The number of hydrogen-bond acceptors (Lipinski definition) is 3. The molecule has 0 atom stereocenters. The minimum atomic E-state index is -2.60. The molecule has 0 unspecified atom stereocenters. The molecule has 0 aromatic rings. The van der Waals surface area contributed by atoms with E-state index in [-0.39, 0.29) is 0 Å². The third kappa shape index (κ3) is 12.3. The predicted molar refractivity (Wildman–Crippen MR) is 102 cm³/mol. The van der Waals surface area contributed by atoms with Crippen LogP contribution in [0.2, 0.25) is 0 Å². The van der Waals surface area contributed by atoms with Crippen molar-refractivity contribution in [2.24, 2.45) is 0 Å². The summed E-state index contributed by atoms with van der Waals surface area (Å²) in [6.45, 7) is 2.59. The molecule has 140 valence electrons. The van der Waals surface area contributed by atoms with E-state index < -0.39 is 7.94 Å². The Bertz CT molecular complexity index is 257. The van der Waals surface area contributed by atoms with E-state index in [0.29, 0.717) is 6.79 Å². The van der Waals surface area contributed by atoms with Gasteiger partial charge < -0.3 is 0 Å². The maximum absolute atomic E-state index is 9.72. The van der Waals surface area contributed by atoms with Crippen LogP contribution in [-0.2, 0) is 9.05 Å². The van der Waals surface area contributed by atoms with E-state index in [1.54, 1.807) is 0 Å². The van der Waals surface area contributed by atoms with E-state index in [0.717, 1.165) is 12.6 Å². The van der Waals surface area contributed by atoms with Crippen molar-refractivity contribution in [1.82, 2.24) is 0 Å². The molecule has 0 radical (unpaired) electrons. The third-order valence-corrected chi connectivity index (χ3v) is 7.04. The first kappa shape index (κ1) is 21.4. The van der Waals surface area contributed by atoms with Gasteiger partial charge in [-0.05, 0) is 0 Å². The van der Waals surface area contributed by atoms with Gasteiger partial charge in [0.05, 0.1) is 0 Å². The molecule has 0 aliphatic carbocycles. The molecule has 0 spiro atoms. The molecule has 4 heteroatoms. The summed E-state index contributed by atoms with van der Waals surface area (Å²) < 4.78 is 10.2. The van der Waals surface area contributed by atoms with Gasteiger partial charge in [0.15, 0.2) is 0 Å². The van der Waals surface area contributed by atoms with E-state index >= 15 is 0 Å². The first-order valence-corrected chi connectivity index (χ1v) is 12.2. The zero-order valence-electron chi connectivity index (χ0n) is 15.5. The van der Waals surface area contributed by atoms with Gasteiger partial charge in [-0.2, -0.15) is 0 Å². The molecule has 1 aliphatic rings. The Morgan fingerprint density at radius 2 is 0.957 bits per heavy atom. The standard InChI is InChI=1S/C19H41O3P/c1-2-3-4-5-6-7-8-9-10-11-12-13-14-15-16-17-18-23(20)21-19-22-23/h20,23H,2-19H2,1H3. The molecule has 1 aliphatic heterocycles. The first-order chi connectivity index (χ1) is 11.3. The summed E-state index contributed by atoms with van der Waals surface area (Å²) in [7, 11) is -2.60. The van der Waals surface area contributed by atoms with Crippen molar-refractivity contribution in [3.8, 4) is 0 Å². The van der Waals surface area contributed by atoms with Crippen molar-refractivity contribution in [2.45, 2.75) is 110 Å². The number of hydrogen-bond donors (Lipinski definition) is 1. The molecule has 1 fully saturated rings. The normalized spacial score (nSPS) is 17.8. The molecule has 1 saturated heterocycles. The van der Waals surface area contributed by atoms with Gasteiger partial charge in [0.2, 0.25) is 0 Å². The Hall–Kier alpha value is 0.310. The molecule has 1 N–H and O–H groups in total. The van der Waals surface area contributed by atoms with E-state index in [1.165, 1.54) is 96.3 Å². The topological polar surface area (TPSA) is 38.7 Å². The van der Waals surface area contributed by atoms with Crippen molar-refractivity contribution in [1.29, 1.82) is 0 Å². The van der Waals surface area contributed by atoms with Crippen LogP contribution in [0.25, 0.3) is 0 Å². The third-order valence-electron chi connectivity index (χ3n) is 4.92. The first-order valence-electron chi connectivity index (χ1n) is 10.3. The average Bonchev–Trinajstić information content (AvgIpc) is 2.53. The molecule has 0 aromatic heterocycles. The molecule has 1 heterocycles. The summed E-state index contributed by atoms with van der Waals surface area (Å²) in [4.78, 5) is 9.72. The molecule has 0 amide bonds. The fourth-order valence-corrected chi connectivity index (χ4v) is 4.61. The fourth-order valence-electron chi connectivity index (χ4n) is 3.24. The summed E-state index contributed by atoms with van der Waals surface area (Å²) in [5.41, 5.74) is 0. The van der Waals surface area contributed by atoms with Crippen LogP contribution in [0.15, 0.2) is 0 Å². The molecule has 3 nitrogen and oxygen atoms in total. The van der Waals surface area contributed by atoms with Gasteiger partial charge in [0, 0.05) is 0 Å². The summed E-state index contributed by atoms with van der Waals surface area (Å²) >= 11 is 0. The average molecular weight is 349 g/mol. The maximum atomic E-state index is 9.72. The van der Waals surface area contributed by atoms with Gasteiger partial charge in [-0.3, -0.25) is 0 Å². The Labute approximate surface area is 145 Å². The van der Waals surface area contributed by atoms with Crippen LogP contribution in [0.5, 0.6) is 0 Å². The SMILES string of the molecule is CCCCCCCCCCCCCCCCCC[PH]1(O)OCO1. The Balaban J connectivity index is 1.65. The van der Waals surface area contributed by atoms with E-state index in [9.17, 15) is 4.89 Å². The second-order valence-electron chi connectivity index (χ2n) is 7.17. The second kappa shape index (κ2) is 14.6. The fraction of sp³-hybridized carbons (Fsp3) is 1.00. The molecular weight excluding hydrogens is 307 g/mol. The van der Waals surface area contributed by atoms with E-state index in [2.05, 4.69) is 6.92 Å². The molecule has 0 saturated carbocycles. The van der Waals surface area contributed by atoms with Crippen LogP contribution >= 0.6 is 7.94 Å². The van der Waals surface area contributed by atoms with Gasteiger partial charge in [0.1, 0.15) is 0 Å². The van der Waals surface area contributed by atoms with Crippen LogP contribution in [0.4, 0.5) is 0 Å². The zero-order chi connectivity index (χ0) is 16.6. The molecule has 0 aromatic carbocycles. The summed E-state index contributed by atoms with van der Waals surface area (Å²) in [6, 6.07) is 0. The van der Waals surface area contributed by atoms with Gasteiger partial charge in [-0.15, -0.1) is 0 Å². The van der Waals surface area contributed by atoms with Crippen LogP contribution < -0.4 is 0 Å². The predicted octanol–water partition coefficient (Wildman–Crippen LogP) is 6.74. The number of rotatable bonds is 17. The van der Waals surface area contributed by atoms with Gasteiger partial charge >= 0.3 is 105 Å². The van der Waals surface area contributed by atoms with Crippen LogP contribution in [0.3, 0.4) is 0 Å². The Morgan fingerprint density at radius 3 is 1.26 bits per heavy atom. The Morgan fingerprint density at radius 1 is 0.609 bits per heavy atom. The molecule has 23 heavy (non-hydrogen) atoms. The van der Waals surface area contributed by atoms with Crippen molar-refractivity contribution in [3.05, 3.63) is 0 Å². The molecule has 1 rings (SSSR count). The molecule has 0 bridgehead atoms. The van der Waals surface area contributed by atoms with E-state index in [4.69, 9.17) is 9.05 Å². The summed E-state index contributed by atoms with van der Waals surface area (Å²) in [6.07, 6.45) is 22.8. The van der Waals surface area contributed by atoms with E-state index in [1.807, 2.05) is 0 Å². The second-order valence-corrected chi connectivity index (χ2v) is 9.68. The summed E-state index contributed by atoms with van der Waals surface area (Å²) in [5.74, 6) is 0. The van der Waals surface area contributed by atoms with Gasteiger partial charge in [-0.1, -0.05) is 39.0 Å². The van der Waals surface area contributed by atoms with Crippen molar-refractivity contribution in [3.63, 3.8) is 0 Å². The quantitative estimate of drug-likeness (QED) is 0.234. The monoisotopic (exact) mass is 348 g/mol. The molecular formula is C19H41O3P. The van der Waals surface area contributed by atoms with Gasteiger partial charge in [0.25, 0.3) is 0 Å². The Kier molecular flexibility index (Phi) is 13.6. The zero-order valence-corrected chi connectivity index (χ0v) is 16.5. The van der Waals surface area contributed by atoms with Gasteiger partial charge in [-0.25, -0.2) is 0 Å². The minimum absolute atomic E-state index is 0.307. The van der Waals surface area contributed by atoms with Crippen LogP contribution in [0.1, 0.15) is 110 Å². The van der Waals surface area contributed by atoms with Crippen molar-refractivity contribution in [2.75, 3.05) is 13.0 Å². The summed E-state index contributed by atoms with van der Waals surface area (Å²) in [5, 5.41) is 0. The van der Waals surface area contributed by atoms with Crippen LogP contribution in [0, 0.1) is 0 Å². The van der Waals surface area contributed by atoms with Crippen LogP contribution in [-0.4, -0.2) is 17.8 Å². The van der Waals surface area contributed by atoms with Crippen molar-refractivity contribution >= 4 is 7.94 Å².